The Hall–Kier alpha value is -1.52. The molecule has 84 valence electrons. The van der Waals surface area contributed by atoms with Gasteiger partial charge in [-0.1, -0.05) is 36.5 Å². The van der Waals surface area contributed by atoms with Crippen molar-refractivity contribution in [3.8, 4) is 0 Å². The molecule has 0 radical (unpaired) electrons. The summed E-state index contributed by atoms with van der Waals surface area (Å²) in [5.74, 6) is 0. The van der Waals surface area contributed by atoms with Gasteiger partial charge >= 0.3 is 0 Å². The van der Waals surface area contributed by atoms with Crippen LogP contribution in [0.5, 0.6) is 0 Å². The summed E-state index contributed by atoms with van der Waals surface area (Å²) in [5, 5.41) is 27.6. The summed E-state index contributed by atoms with van der Waals surface area (Å²) < 4.78 is 0. The van der Waals surface area contributed by atoms with Crippen LogP contribution in [0.3, 0.4) is 0 Å². The van der Waals surface area contributed by atoms with Crippen molar-refractivity contribution in [1.82, 2.24) is 0 Å². The highest BCUT2D eigenvalue weighted by Gasteiger charge is 2.27. The zero-order valence-electron chi connectivity index (χ0n) is 8.82. The van der Waals surface area contributed by atoms with Gasteiger partial charge in [-0.05, 0) is 12.2 Å². The maximum atomic E-state index is 9.96. The monoisotopic (exact) mass is 218 g/mol. The minimum atomic E-state index is -1.32. The molecule has 0 amide bonds. The molecule has 16 heavy (non-hydrogen) atoms. The zero-order valence-corrected chi connectivity index (χ0v) is 8.82. The quantitative estimate of drug-likeness (QED) is 0.694. The molecule has 0 bridgehead atoms. The molecule has 0 aromatic heterocycles. The normalized spacial score (nSPS) is 37.4. The molecule has 2 atom stereocenters. The van der Waals surface area contributed by atoms with Crippen molar-refractivity contribution in [3.63, 3.8) is 0 Å². The maximum Gasteiger partial charge on any atom is 0.199 e. The van der Waals surface area contributed by atoms with Crippen molar-refractivity contribution in [3.05, 3.63) is 48.6 Å². The van der Waals surface area contributed by atoms with Crippen LogP contribution >= 0.6 is 0 Å². The van der Waals surface area contributed by atoms with E-state index in [-0.39, 0.29) is 0 Å². The first kappa shape index (κ1) is 11.0. The highest BCUT2D eigenvalue weighted by Crippen LogP contribution is 2.24. The van der Waals surface area contributed by atoms with Crippen LogP contribution in [0.4, 0.5) is 0 Å². The SMILES string of the molecule is OC1(N=NC2(O)C=CC=CC2)C=CC=CC1. The van der Waals surface area contributed by atoms with Gasteiger partial charge in [-0.15, -0.1) is 0 Å². The minimum absolute atomic E-state index is 0.378. The minimum Gasteiger partial charge on any atom is -0.364 e. The van der Waals surface area contributed by atoms with E-state index in [1.807, 2.05) is 12.2 Å². The molecule has 2 unspecified atom stereocenters. The molecule has 0 spiro atoms. The Bertz CT molecular complexity index is 371. The van der Waals surface area contributed by atoms with Crippen molar-refractivity contribution in [2.75, 3.05) is 0 Å². The van der Waals surface area contributed by atoms with Crippen molar-refractivity contribution >= 4 is 0 Å². The van der Waals surface area contributed by atoms with Gasteiger partial charge in [0.2, 0.25) is 0 Å². The van der Waals surface area contributed by atoms with Crippen LogP contribution in [-0.2, 0) is 0 Å². The van der Waals surface area contributed by atoms with E-state index in [2.05, 4.69) is 10.2 Å². The summed E-state index contributed by atoms with van der Waals surface area (Å²) in [6.07, 6.45) is 14.6. The lowest BCUT2D eigenvalue weighted by Gasteiger charge is -2.23. The molecule has 2 N–H and O–H groups in total. The second-order valence-electron chi connectivity index (χ2n) is 3.94. The van der Waals surface area contributed by atoms with E-state index >= 15 is 0 Å². The van der Waals surface area contributed by atoms with Gasteiger partial charge in [0.05, 0.1) is 0 Å². The average molecular weight is 218 g/mol. The largest absolute Gasteiger partial charge is 0.364 e. The van der Waals surface area contributed by atoms with Gasteiger partial charge in [-0.3, -0.25) is 0 Å². The molecule has 0 fully saturated rings. The van der Waals surface area contributed by atoms with E-state index in [1.54, 1.807) is 36.5 Å². The van der Waals surface area contributed by atoms with Crippen LogP contribution in [0.25, 0.3) is 0 Å². The molecule has 2 aliphatic rings. The Kier molecular flexibility index (Phi) is 2.85. The number of hydrogen-bond acceptors (Lipinski definition) is 4. The summed E-state index contributed by atoms with van der Waals surface area (Å²) in [5.41, 5.74) is -2.64. The van der Waals surface area contributed by atoms with E-state index in [0.717, 1.165) is 0 Å². The molecule has 2 aliphatic carbocycles. The lowest BCUT2D eigenvalue weighted by atomic mass is 10.1. The second-order valence-corrected chi connectivity index (χ2v) is 3.94. The van der Waals surface area contributed by atoms with Crippen LogP contribution < -0.4 is 0 Å². The van der Waals surface area contributed by atoms with E-state index in [1.165, 1.54) is 0 Å². The number of rotatable bonds is 2. The molecule has 2 rings (SSSR count). The fraction of sp³-hybridized carbons (Fsp3) is 0.333. The third kappa shape index (κ3) is 2.53. The average Bonchev–Trinajstić information content (AvgIpc) is 2.29. The van der Waals surface area contributed by atoms with Gasteiger partial charge in [0.15, 0.2) is 11.4 Å². The van der Waals surface area contributed by atoms with Crippen molar-refractivity contribution in [2.24, 2.45) is 10.2 Å². The molecular weight excluding hydrogens is 204 g/mol. The summed E-state index contributed by atoms with van der Waals surface area (Å²) >= 11 is 0. The lowest BCUT2D eigenvalue weighted by molar-refractivity contribution is 0.0563. The highest BCUT2D eigenvalue weighted by molar-refractivity contribution is 5.18. The lowest BCUT2D eigenvalue weighted by Crippen LogP contribution is -2.27. The number of hydrogen-bond donors (Lipinski definition) is 2. The fourth-order valence-corrected chi connectivity index (χ4v) is 1.52. The Morgan fingerprint density at radius 2 is 1.19 bits per heavy atom. The van der Waals surface area contributed by atoms with Gasteiger partial charge in [0.1, 0.15) is 0 Å². The molecule has 4 heteroatoms. The fourth-order valence-electron chi connectivity index (χ4n) is 1.52. The van der Waals surface area contributed by atoms with Crippen LogP contribution in [0.2, 0.25) is 0 Å². The second kappa shape index (κ2) is 4.15. The first-order valence-electron chi connectivity index (χ1n) is 5.20. The Balaban J connectivity index is 2.09. The predicted octanol–water partition coefficient (Wildman–Crippen LogP) is 1.85. The molecule has 0 aliphatic heterocycles. The summed E-state index contributed by atoms with van der Waals surface area (Å²) in [6.45, 7) is 0. The highest BCUT2D eigenvalue weighted by atomic mass is 16.3. The Morgan fingerprint density at radius 1 is 0.750 bits per heavy atom. The van der Waals surface area contributed by atoms with Crippen molar-refractivity contribution < 1.29 is 10.2 Å². The molecule has 0 saturated heterocycles. The van der Waals surface area contributed by atoms with Crippen LogP contribution in [-0.4, -0.2) is 21.7 Å². The molecule has 0 saturated carbocycles. The molecule has 0 aromatic rings. The van der Waals surface area contributed by atoms with Crippen LogP contribution in [0.15, 0.2) is 58.8 Å². The number of azo groups is 1. The van der Waals surface area contributed by atoms with Crippen LogP contribution in [0, 0.1) is 0 Å². The standard InChI is InChI=1S/C12H14N2O2/c15-11(7-3-1-4-8-11)13-14-12(16)9-5-2-6-10-12/h1-7,9,15-16H,8,10H2. The topological polar surface area (TPSA) is 65.2 Å². The smallest absolute Gasteiger partial charge is 0.199 e. The number of allylic oxidation sites excluding steroid dienone is 4. The van der Waals surface area contributed by atoms with Gasteiger partial charge in [-0.2, -0.15) is 10.2 Å². The number of nitrogens with zero attached hydrogens (tertiary/aromatic N) is 2. The van der Waals surface area contributed by atoms with E-state index in [9.17, 15) is 10.2 Å². The van der Waals surface area contributed by atoms with Crippen LogP contribution in [0.1, 0.15) is 12.8 Å². The molecule has 4 nitrogen and oxygen atoms in total. The Morgan fingerprint density at radius 3 is 1.50 bits per heavy atom. The predicted molar refractivity (Wildman–Crippen MR) is 60.5 cm³/mol. The van der Waals surface area contributed by atoms with Gasteiger partial charge < -0.3 is 10.2 Å². The Labute approximate surface area is 94.0 Å². The summed E-state index contributed by atoms with van der Waals surface area (Å²) in [7, 11) is 0. The third-order valence-corrected chi connectivity index (χ3v) is 2.45. The van der Waals surface area contributed by atoms with E-state index in [0.29, 0.717) is 12.8 Å². The van der Waals surface area contributed by atoms with E-state index < -0.39 is 11.4 Å². The molecule has 0 heterocycles. The third-order valence-electron chi connectivity index (χ3n) is 2.45. The van der Waals surface area contributed by atoms with Gasteiger partial charge in [0.25, 0.3) is 0 Å². The zero-order chi connectivity index (χ0) is 11.5. The first-order chi connectivity index (χ1) is 7.62. The van der Waals surface area contributed by atoms with Crippen molar-refractivity contribution in [2.45, 2.75) is 24.3 Å². The van der Waals surface area contributed by atoms with Gasteiger partial charge in [-0.25, -0.2) is 0 Å². The molecule has 0 aromatic carbocycles. The van der Waals surface area contributed by atoms with E-state index in [4.69, 9.17) is 0 Å². The maximum absolute atomic E-state index is 9.96. The van der Waals surface area contributed by atoms with Crippen molar-refractivity contribution in [1.29, 1.82) is 0 Å². The summed E-state index contributed by atoms with van der Waals surface area (Å²) in [6, 6.07) is 0. The first-order valence-corrected chi connectivity index (χ1v) is 5.20. The number of aliphatic hydroxyl groups is 2. The summed E-state index contributed by atoms with van der Waals surface area (Å²) in [4.78, 5) is 0. The van der Waals surface area contributed by atoms with Gasteiger partial charge in [0, 0.05) is 12.8 Å². The molecular formula is C12H14N2O2.